The summed E-state index contributed by atoms with van der Waals surface area (Å²) in [5, 5.41) is 0. The number of nitrogens with two attached hydrogens (primary N) is 1. The number of hydrogen-bond donors (Lipinski definition) is 2. The van der Waals surface area contributed by atoms with E-state index in [4.69, 9.17) is 18.1 Å². The second kappa shape index (κ2) is 1.67. The Labute approximate surface area is 54.4 Å². The molecule has 0 aromatic rings. The highest BCUT2D eigenvalue weighted by molar-refractivity contribution is 7.80. The minimum atomic E-state index is 0.254. The van der Waals surface area contributed by atoms with E-state index in [1.165, 1.54) is 12.8 Å². The van der Waals surface area contributed by atoms with Crippen molar-refractivity contribution in [3.8, 4) is 0 Å². The lowest BCUT2D eigenvalue weighted by Gasteiger charge is -2.07. The van der Waals surface area contributed by atoms with Gasteiger partial charge in [-0.1, -0.05) is 19.1 Å². The van der Waals surface area contributed by atoms with Crippen LogP contribution in [-0.4, -0.2) is 4.99 Å². The predicted octanol–water partition coefficient (Wildman–Crippen LogP) is 0.577. The molecule has 1 aliphatic rings. The quantitative estimate of drug-likeness (QED) is 0.310. The Morgan fingerprint density at radius 1 is 1.75 bits per heavy atom. The SMILES string of the molecule is CC1(C(=S)NN)CC1. The van der Waals surface area contributed by atoms with Crippen LogP contribution in [-0.2, 0) is 0 Å². The van der Waals surface area contributed by atoms with Crippen LogP contribution in [0.15, 0.2) is 0 Å². The minimum absolute atomic E-state index is 0.254. The maximum atomic E-state index is 5.11. The van der Waals surface area contributed by atoms with Crippen molar-refractivity contribution in [3.63, 3.8) is 0 Å². The van der Waals surface area contributed by atoms with Crippen LogP contribution in [0.5, 0.6) is 0 Å². The molecule has 0 amide bonds. The number of hydrazine groups is 1. The molecular formula is C5H10N2S. The molecule has 3 heteroatoms. The maximum Gasteiger partial charge on any atom is 0.0953 e. The number of nitrogens with one attached hydrogen (secondary N) is 1. The lowest BCUT2D eigenvalue weighted by atomic mass is 10.1. The Hall–Kier alpha value is -0.150. The Morgan fingerprint density at radius 2 is 2.25 bits per heavy atom. The van der Waals surface area contributed by atoms with E-state index in [1.54, 1.807) is 0 Å². The standard InChI is InChI=1S/C5H10N2S/c1-5(2-3-5)4(8)7-6/h2-3,6H2,1H3,(H,7,8). The second-order valence-corrected chi connectivity index (χ2v) is 2.94. The molecule has 1 aliphatic carbocycles. The van der Waals surface area contributed by atoms with E-state index in [-0.39, 0.29) is 5.41 Å². The average molecular weight is 130 g/mol. The predicted molar refractivity (Wildman–Crippen MR) is 37.3 cm³/mol. The van der Waals surface area contributed by atoms with Crippen molar-refractivity contribution < 1.29 is 0 Å². The molecule has 0 aromatic heterocycles. The van der Waals surface area contributed by atoms with Crippen molar-refractivity contribution in [3.05, 3.63) is 0 Å². The smallest absolute Gasteiger partial charge is 0.0953 e. The number of thiocarbonyl (C=S) groups is 1. The molecule has 0 heterocycles. The van der Waals surface area contributed by atoms with Crippen LogP contribution in [0.2, 0.25) is 0 Å². The molecule has 3 N–H and O–H groups in total. The minimum Gasteiger partial charge on any atom is -0.318 e. The Bertz CT molecular complexity index is 118. The van der Waals surface area contributed by atoms with Gasteiger partial charge in [-0.3, -0.25) is 5.84 Å². The van der Waals surface area contributed by atoms with Crippen LogP contribution in [0.25, 0.3) is 0 Å². The molecule has 1 rings (SSSR count). The summed E-state index contributed by atoms with van der Waals surface area (Å²) in [6.07, 6.45) is 2.38. The molecule has 2 nitrogen and oxygen atoms in total. The van der Waals surface area contributed by atoms with Gasteiger partial charge in [-0.2, -0.15) is 0 Å². The first kappa shape index (κ1) is 5.98. The molecule has 0 atom stereocenters. The van der Waals surface area contributed by atoms with Crippen molar-refractivity contribution in [2.24, 2.45) is 11.3 Å². The Kier molecular flexibility index (Phi) is 1.25. The highest BCUT2D eigenvalue weighted by Crippen LogP contribution is 2.45. The molecule has 0 saturated heterocycles. The van der Waals surface area contributed by atoms with E-state index in [0.29, 0.717) is 0 Å². The lowest BCUT2D eigenvalue weighted by Crippen LogP contribution is -2.33. The summed E-state index contributed by atoms with van der Waals surface area (Å²) in [5.41, 5.74) is 2.75. The van der Waals surface area contributed by atoms with Gasteiger partial charge < -0.3 is 5.43 Å². The first-order valence-electron chi connectivity index (χ1n) is 2.70. The maximum absolute atomic E-state index is 5.11. The van der Waals surface area contributed by atoms with Gasteiger partial charge in [-0.05, 0) is 12.8 Å². The van der Waals surface area contributed by atoms with Gasteiger partial charge in [-0.15, -0.1) is 0 Å². The molecule has 1 saturated carbocycles. The van der Waals surface area contributed by atoms with Crippen molar-refractivity contribution in [2.75, 3.05) is 0 Å². The van der Waals surface area contributed by atoms with E-state index in [9.17, 15) is 0 Å². The second-order valence-electron chi connectivity index (χ2n) is 2.53. The zero-order valence-electron chi connectivity index (χ0n) is 4.90. The van der Waals surface area contributed by atoms with Crippen LogP contribution in [0.4, 0.5) is 0 Å². The van der Waals surface area contributed by atoms with Gasteiger partial charge in [0, 0.05) is 5.41 Å². The zero-order chi connectivity index (χ0) is 6.20. The van der Waals surface area contributed by atoms with Gasteiger partial charge in [-0.25, -0.2) is 0 Å². The molecule has 8 heavy (non-hydrogen) atoms. The van der Waals surface area contributed by atoms with Crippen LogP contribution in [0, 0.1) is 5.41 Å². The van der Waals surface area contributed by atoms with Crippen LogP contribution < -0.4 is 11.3 Å². The lowest BCUT2D eigenvalue weighted by molar-refractivity contribution is 0.769. The zero-order valence-corrected chi connectivity index (χ0v) is 5.72. The summed E-state index contributed by atoms with van der Waals surface area (Å²) in [4.78, 5) is 0.803. The number of rotatable bonds is 1. The monoisotopic (exact) mass is 130 g/mol. The molecule has 0 bridgehead atoms. The Balaban J connectivity index is 2.46. The van der Waals surface area contributed by atoms with Crippen LogP contribution in [0.1, 0.15) is 19.8 Å². The van der Waals surface area contributed by atoms with Gasteiger partial charge in [0.25, 0.3) is 0 Å². The summed E-state index contributed by atoms with van der Waals surface area (Å²) in [5.74, 6) is 5.11. The molecule has 46 valence electrons. The van der Waals surface area contributed by atoms with Gasteiger partial charge in [0.1, 0.15) is 0 Å². The molecule has 0 aromatic carbocycles. The first-order chi connectivity index (χ1) is 3.69. The van der Waals surface area contributed by atoms with E-state index in [1.807, 2.05) is 0 Å². The summed E-state index contributed by atoms with van der Waals surface area (Å²) >= 11 is 4.92. The molecule has 0 aliphatic heterocycles. The molecule has 0 radical (unpaired) electrons. The Morgan fingerprint density at radius 3 is 2.38 bits per heavy atom. The molecular weight excluding hydrogens is 120 g/mol. The normalized spacial score (nSPS) is 22.2. The molecule has 1 fully saturated rings. The molecule has 0 unspecified atom stereocenters. The van der Waals surface area contributed by atoms with Crippen molar-refractivity contribution in [1.82, 2.24) is 5.43 Å². The largest absolute Gasteiger partial charge is 0.318 e. The van der Waals surface area contributed by atoms with Crippen molar-refractivity contribution in [2.45, 2.75) is 19.8 Å². The van der Waals surface area contributed by atoms with E-state index in [0.717, 1.165) is 4.99 Å². The van der Waals surface area contributed by atoms with E-state index >= 15 is 0 Å². The fourth-order valence-electron chi connectivity index (χ4n) is 0.589. The fraction of sp³-hybridized carbons (Fsp3) is 0.800. The van der Waals surface area contributed by atoms with Gasteiger partial charge in [0.05, 0.1) is 4.99 Å². The van der Waals surface area contributed by atoms with Gasteiger partial charge in [0.2, 0.25) is 0 Å². The van der Waals surface area contributed by atoms with Crippen LogP contribution >= 0.6 is 12.2 Å². The third kappa shape index (κ3) is 0.833. The van der Waals surface area contributed by atoms with Crippen molar-refractivity contribution >= 4 is 17.2 Å². The summed E-state index contributed by atoms with van der Waals surface area (Å²) < 4.78 is 0. The van der Waals surface area contributed by atoms with E-state index in [2.05, 4.69) is 12.3 Å². The van der Waals surface area contributed by atoms with Gasteiger partial charge >= 0.3 is 0 Å². The highest BCUT2D eigenvalue weighted by Gasteiger charge is 2.41. The number of hydrogen-bond acceptors (Lipinski definition) is 2. The van der Waals surface area contributed by atoms with Crippen LogP contribution in [0.3, 0.4) is 0 Å². The highest BCUT2D eigenvalue weighted by atomic mass is 32.1. The summed E-state index contributed by atoms with van der Waals surface area (Å²) in [6.45, 7) is 2.12. The summed E-state index contributed by atoms with van der Waals surface area (Å²) in [6, 6.07) is 0. The third-order valence-electron chi connectivity index (χ3n) is 1.68. The van der Waals surface area contributed by atoms with E-state index < -0.39 is 0 Å². The van der Waals surface area contributed by atoms with Gasteiger partial charge in [0.15, 0.2) is 0 Å². The molecule has 0 spiro atoms. The van der Waals surface area contributed by atoms with Crippen molar-refractivity contribution in [1.29, 1.82) is 0 Å². The average Bonchev–Trinajstić information content (AvgIpc) is 2.47. The topological polar surface area (TPSA) is 38.0 Å². The first-order valence-corrected chi connectivity index (χ1v) is 3.11. The summed E-state index contributed by atoms with van der Waals surface area (Å²) in [7, 11) is 0. The third-order valence-corrected chi connectivity index (χ3v) is 2.29. The fourth-order valence-corrected chi connectivity index (χ4v) is 0.793.